The smallest absolute Gasteiger partial charge is 0.234 e. The summed E-state index contributed by atoms with van der Waals surface area (Å²) in [6.45, 7) is 9.35. The van der Waals surface area contributed by atoms with Crippen LogP contribution < -0.4 is 4.57 Å². The van der Waals surface area contributed by atoms with E-state index in [0.29, 0.717) is 0 Å². The Kier molecular flexibility index (Phi) is 18.3. The van der Waals surface area contributed by atoms with E-state index in [9.17, 15) is 0 Å². The van der Waals surface area contributed by atoms with Gasteiger partial charge in [-0.2, -0.15) is 0 Å². The zero-order valence-electron chi connectivity index (χ0n) is 21.1. The fourth-order valence-corrected chi connectivity index (χ4v) is 4.56. The highest BCUT2D eigenvalue weighted by atomic mass is 15.1. The molecule has 1 rings (SSSR count). The van der Waals surface area contributed by atoms with Crippen molar-refractivity contribution in [3.63, 3.8) is 0 Å². The second-order valence-corrected chi connectivity index (χ2v) is 9.51. The van der Waals surface area contributed by atoms with Crippen molar-refractivity contribution in [1.29, 1.82) is 0 Å². The molecule has 176 valence electrons. The van der Waals surface area contributed by atoms with Gasteiger partial charge < -0.3 is 0 Å². The lowest BCUT2D eigenvalue weighted by atomic mass is 10.1. The molecule has 0 amide bonds. The van der Waals surface area contributed by atoms with Gasteiger partial charge in [-0.05, 0) is 32.1 Å². The lowest BCUT2D eigenvalue weighted by Crippen LogP contribution is -2.37. The van der Waals surface area contributed by atoms with E-state index in [1.54, 1.807) is 5.82 Å². The topological polar surface area (TPSA) is 8.81 Å². The van der Waals surface area contributed by atoms with Crippen LogP contribution in [-0.4, -0.2) is 4.57 Å². The molecule has 1 aromatic heterocycles. The van der Waals surface area contributed by atoms with Crippen LogP contribution in [0, 0.1) is 0 Å². The molecule has 0 aromatic carbocycles. The summed E-state index contributed by atoms with van der Waals surface area (Å²) in [5, 5.41) is 0. The van der Waals surface area contributed by atoms with Crippen molar-refractivity contribution in [3.8, 4) is 0 Å². The molecule has 0 N–H and O–H groups in total. The van der Waals surface area contributed by atoms with Crippen molar-refractivity contribution in [3.05, 3.63) is 18.2 Å². The van der Waals surface area contributed by atoms with Crippen LogP contribution in [0.25, 0.3) is 0 Å². The van der Waals surface area contributed by atoms with E-state index in [4.69, 9.17) is 0 Å². The number of aromatic nitrogens is 2. The van der Waals surface area contributed by atoms with Gasteiger partial charge in [-0.25, -0.2) is 9.13 Å². The number of rotatable bonds is 22. The van der Waals surface area contributed by atoms with Gasteiger partial charge in [0.15, 0.2) is 0 Å². The minimum absolute atomic E-state index is 1.21. The summed E-state index contributed by atoms with van der Waals surface area (Å²) >= 11 is 0. The third kappa shape index (κ3) is 13.5. The summed E-state index contributed by atoms with van der Waals surface area (Å²) < 4.78 is 5.16. The summed E-state index contributed by atoms with van der Waals surface area (Å²) in [4.78, 5) is 0. The zero-order chi connectivity index (χ0) is 21.7. The molecule has 0 saturated heterocycles. The van der Waals surface area contributed by atoms with Crippen molar-refractivity contribution in [2.45, 2.75) is 162 Å². The van der Waals surface area contributed by atoms with Gasteiger partial charge in [0.05, 0.1) is 13.1 Å². The molecule has 0 fully saturated rings. The van der Waals surface area contributed by atoms with E-state index in [1.165, 1.54) is 142 Å². The summed E-state index contributed by atoms with van der Waals surface area (Å²) in [6.07, 6.45) is 32.6. The number of unbranched alkanes of at least 4 members (excludes halogenated alkanes) is 16. The van der Waals surface area contributed by atoms with Crippen molar-refractivity contribution in [2.75, 3.05) is 0 Å². The maximum Gasteiger partial charge on any atom is 0.256 e. The van der Waals surface area contributed by atoms with Crippen LogP contribution in [-0.2, 0) is 19.5 Å². The van der Waals surface area contributed by atoms with Crippen LogP contribution in [0.3, 0.4) is 0 Å². The fraction of sp³-hybridized carbons (Fsp3) is 0.893. The number of hydrogen-bond donors (Lipinski definition) is 0. The molecule has 0 atom stereocenters. The zero-order valence-corrected chi connectivity index (χ0v) is 21.1. The van der Waals surface area contributed by atoms with Gasteiger partial charge >= 0.3 is 0 Å². The average molecular weight is 420 g/mol. The largest absolute Gasteiger partial charge is 0.256 e. The number of imidazole rings is 1. The molecule has 30 heavy (non-hydrogen) atoms. The van der Waals surface area contributed by atoms with Crippen molar-refractivity contribution >= 4 is 0 Å². The van der Waals surface area contributed by atoms with Crippen LogP contribution in [0.1, 0.15) is 149 Å². The first-order chi connectivity index (χ1) is 14.8. The Hall–Kier alpha value is -0.790. The highest BCUT2D eigenvalue weighted by molar-refractivity contribution is 4.84. The van der Waals surface area contributed by atoms with E-state index < -0.39 is 0 Å². The van der Waals surface area contributed by atoms with Crippen LogP contribution in [0.4, 0.5) is 0 Å². The van der Waals surface area contributed by atoms with Gasteiger partial charge in [0.1, 0.15) is 12.4 Å². The normalized spacial score (nSPS) is 11.4. The Morgan fingerprint density at radius 2 is 1.03 bits per heavy atom. The maximum atomic E-state index is 2.59. The minimum atomic E-state index is 1.21. The molecule has 0 radical (unpaired) electrons. The van der Waals surface area contributed by atoms with Gasteiger partial charge in [0.2, 0.25) is 0 Å². The highest BCUT2D eigenvalue weighted by Crippen LogP contribution is 2.13. The van der Waals surface area contributed by atoms with Crippen LogP contribution in [0.2, 0.25) is 0 Å². The minimum Gasteiger partial charge on any atom is -0.234 e. The van der Waals surface area contributed by atoms with Gasteiger partial charge in [-0.15, -0.1) is 0 Å². The molecule has 0 saturated carbocycles. The van der Waals surface area contributed by atoms with E-state index in [2.05, 4.69) is 42.3 Å². The summed E-state index contributed by atoms with van der Waals surface area (Å²) in [6, 6.07) is 0. The van der Waals surface area contributed by atoms with E-state index in [-0.39, 0.29) is 0 Å². The van der Waals surface area contributed by atoms with Gasteiger partial charge in [0, 0.05) is 6.42 Å². The first kappa shape index (κ1) is 27.2. The van der Waals surface area contributed by atoms with Crippen LogP contribution in [0.15, 0.2) is 12.4 Å². The third-order valence-corrected chi connectivity index (χ3v) is 6.60. The molecule has 0 unspecified atom stereocenters. The molecule has 0 aliphatic heterocycles. The molecule has 0 bridgehead atoms. The van der Waals surface area contributed by atoms with Crippen molar-refractivity contribution in [2.24, 2.45) is 0 Å². The Morgan fingerprint density at radius 1 is 0.567 bits per heavy atom. The Balaban J connectivity index is 2.33. The monoisotopic (exact) mass is 419 g/mol. The van der Waals surface area contributed by atoms with Gasteiger partial charge in [-0.3, -0.25) is 0 Å². The average Bonchev–Trinajstić information content (AvgIpc) is 3.13. The molecule has 2 nitrogen and oxygen atoms in total. The maximum absolute atomic E-state index is 2.59. The second kappa shape index (κ2) is 20.1. The first-order valence-corrected chi connectivity index (χ1v) is 13.9. The molecule has 1 heterocycles. The van der Waals surface area contributed by atoms with Crippen molar-refractivity contribution in [1.82, 2.24) is 4.57 Å². The molecular formula is C28H55N2+. The standard InChI is InChI=1S/C28H55N2/c1-4-7-10-12-14-15-16-18-20-23-28-29(24-21-9-6-3)26-27-30(28)25-22-19-17-13-11-8-5-2/h26-27H,4-25H2,1-3H3/q+1. The van der Waals surface area contributed by atoms with E-state index >= 15 is 0 Å². The van der Waals surface area contributed by atoms with Crippen molar-refractivity contribution < 1.29 is 4.57 Å². The number of hydrogen-bond acceptors (Lipinski definition) is 0. The highest BCUT2D eigenvalue weighted by Gasteiger charge is 2.16. The lowest BCUT2D eigenvalue weighted by molar-refractivity contribution is -0.704. The number of nitrogens with zero attached hydrogens (tertiary/aromatic N) is 2. The van der Waals surface area contributed by atoms with Crippen LogP contribution in [0.5, 0.6) is 0 Å². The van der Waals surface area contributed by atoms with Gasteiger partial charge in [0.25, 0.3) is 5.82 Å². The first-order valence-electron chi connectivity index (χ1n) is 13.9. The molecular weight excluding hydrogens is 364 g/mol. The fourth-order valence-electron chi connectivity index (χ4n) is 4.56. The molecule has 2 heteroatoms. The summed E-state index contributed by atoms with van der Waals surface area (Å²) in [7, 11) is 0. The Morgan fingerprint density at radius 3 is 1.60 bits per heavy atom. The Bertz CT molecular complexity index is 477. The van der Waals surface area contributed by atoms with E-state index in [0.717, 1.165) is 0 Å². The summed E-state index contributed by atoms with van der Waals surface area (Å²) in [5.41, 5.74) is 0. The lowest BCUT2D eigenvalue weighted by Gasteiger charge is -2.07. The Labute approximate surface area is 189 Å². The van der Waals surface area contributed by atoms with Gasteiger partial charge in [-0.1, -0.05) is 111 Å². The summed E-state index contributed by atoms with van der Waals surface area (Å²) in [5.74, 6) is 1.60. The third-order valence-electron chi connectivity index (χ3n) is 6.60. The predicted octanol–water partition coefficient (Wildman–Crippen LogP) is 8.79. The quantitative estimate of drug-likeness (QED) is 0.131. The molecule has 0 aliphatic carbocycles. The molecule has 0 spiro atoms. The second-order valence-electron chi connectivity index (χ2n) is 9.51. The van der Waals surface area contributed by atoms with E-state index in [1.807, 2.05) is 0 Å². The van der Waals surface area contributed by atoms with Crippen LogP contribution >= 0.6 is 0 Å². The predicted molar refractivity (Wildman–Crippen MR) is 133 cm³/mol. The molecule has 1 aromatic rings. The SMILES string of the molecule is CCCCCCCCCCCc1n(CCCCCCCCC)cc[n+]1CCCCC. The number of aryl methyl sites for hydroxylation is 2. The molecule has 0 aliphatic rings.